The van der Waals surface area contributed by atoms with Crippen molar-refractivity contribution in [1.82, 2.24) is 14.8 Å². The van der Waals surface area contributed by atoms with E-state index in [2.05, 4.69) is 77.1 Å². The first-order valence-electron chi connectivity index (χ1n) is 10.1. The maximum atomic E-state index is 6.08. The van der Waals surface area contributed by atoms with Crippen LogP contribution in [0.2, 0.25) is 0 Å². The molecule has 1 saturated carbocycles. The van der Waals surface area contributed by atoms with E-state index in [1.54, 1.807) is 11.8 Å². The fourth-order valence-electron chi connectivity index (χ4n) is 3.73. The van der Waals surface area contributed by atoms with Gasteiger partial charge in [-0.25, -0.2) is 0 Å². The fraction of sp³-hybridized carbons (Fsp3) is 0.391. The molecule has 28 heavy (non-hydrogen) atoms. The maximum absolute atomic E-state index is 6.08. The van der Waals surface area contributed by atoms with Gasteiger partial charge in [0.05, 0.1) is 6.10 Å². The van der Waals surface area contributed by atoms with Gasteiger partial charge in [-0.1, -0.05) is 41.6 Å². The number of thioether (sulfide) groups is 1. The summed E-state index contributed by atoms with van der Waals surface area (Å²) in [5, 5.41) is 9.89. The largest absolute Gasteiger partial charge is 0.490 e. The van der Waals surface area contributed by atoms with E-state index in [9.17, 15) is 0 Å². The van der Waals surface area contributed by atoms with E-state index in [-0.39, 0.29) is 0 Å². The number of benzene rings is 2. The van der Waals surface area contributed by atoms with Gasteiger partial charge in [-0.05, 0) is 69.4 Å². The molecular weight excluding hydrogens is 366 g/mol. The molecule has 0 bridgehead atoms. The van der Waals surface area contributed by atoms with Crippen molar-refractivity contribution in [3.05, 3.63) is 59.7 Å². The van der Waals surface area contributed by atoms with E-state index in [4.69, 9.17) is 4.74 Å². The molecule has 0 amide bonds. The second kappa shape index (κ2) is 8.82. The summed E-state index contributed by atoms with van der Waals surface area (Å²) < 4.78 is 8.27. The van der Waals surface area contributed by atoms with Crippen LogP contribution in [-0.4, -0.2) is 20.9 Å². The monoisotopic (exact) mass is 393 g/mol. The fourth-order valence-corrected chi connectivity index (χ4v) is 4.67. The first-order valence-corrected chi connectivity index (χ1v) is 11.1. The first-order chi connectivity index (χ1) is 13.7. The Morgan fingerprint density at radius 2 is 1.86 bits per heavy atom. The Hall–Kier alpha value is -2.27. The second-order valence-electron chi connectivity index (χ2n) is 7.38. The van der Waals surface area contributed by atoms with Crippen LogP contribution in [0, 0.1) is 6.92 Å². The highest BCUT2D eigenvalue weighted by Crippen LogP contribution is 2.29. The molecule has 0 atom stereocenters. The van der Waals surface area contributed by atoms with Crippen LogP contribution in [0.25, 0.3) is 11.4 Å². The van der Waals surface area contributed by atoms with Crippen LogP contribution in [0.1, 0.15) is 43.7 Å². The molecule has 0 radical (unpaired) electrons. The highest BCUT2D eigenvalue weighted by Gasteiger charge is 2.17. The van der Waals surface area contributed by atoms with Gasteiger partial charge in [-0.15, -0.1) is 10.2 Å². The number of rotatable bonds is 7. The third-order valence-electron chi connectivity index (χ3n) is 5.20. The van der Waals surface area contributed by atoms with Crippen LogP contribution in [0.3, 0.4) is 0 Å². The van der Waals surface area contributed by atoms with Crippen molar-refractivity contribution in [3.63, 3.8) is 0 Å². The molecule has 4 nitrogen and oxygen atoms in total. The summed E-state index contributed by atoms with van der Waals surface area (Å²) in [5.41, 5.74) is 3.68. The van der Waals surface area contributed by atoms with Gasteiger partial charge in [0.2, 0.25) is 0 Å². The lowest BCUT2D eigenvalue weighted by Crippen LogP contribution is -2.10. The van der Waals surface area contributed by atoms with E-state index >= 15 is 0 Å². The molecule has 1 aliphatic rings. The summed E-state index contributed by atoms with van der Waals surface area (Å²) in [6, 6.07) is 16.9. The first kappa shape index (κ1) is 19.1. The molecule has 3 aromatic rings. The standard InChI is InChI=1S/C23H27N3OS/c1-3-26-22(19-11-13-21(14-12-19)27-20-9-4-5-10-20)24-25-23(26)28-16-18-8-6-7-17(2)15-18/h6-8,11-15,20H,3-5,9-10,16H2,1-2H3. The molecule has 0 saturated heterocycles. The zero-order chi connectivity index (χ0) is 19.3. The summed E-state index contributed by atoms with van der Waals surface area (Å²) in [4.78, 5) is 0. The van der Waals surface area contributed by atoms with E-state index < -0.39 is 0 Å². The van der Waals surface area contributed by atoms with Gasteiger partial charge in [0.25, 0.3) is 0 Å². The normalized spacial score (nSPS) is 14.5. The quantitative estimate of drug-likeness (QED) is 0.469. The Kier molecular flexibility index (Phi) is 6.01. The lowest BCUT2D eigenvalue weighted by atomic mass is 10.2. The molecule has 0 N–H and O–H groups in total. The summed E-state index contributed by atoms with van der Waals surface area (Å²) in [5.74, 6) is 2.77. The topological polar surface area (TPSA) is 39.9 Å². The minimum atomic E-state index is 0.384. The van der Waals surface area contributed by atoms with Crippen molar-refractivity contribution in [3.8, 4) is 17.1 Å². The summed E-state index contributed by atoms with van der Waals surface area (Å²) in [6.07, 6.45) is 5.30. The predicted molar refractivity (Wildman–Crippen MR) is 115 cm³/mol. The molecule has 4 rings (SSSR count). The van der Waals surface area contributed by atoms with E-state index in [1.807, 2.05) is 0 Å². The van der Waals surface area contributed by atoms with Crippen LogP contribution < -0.4 is 4.74 Å². The second-order valence-corrected chi connectivity index (χ2v) is 8.32. The van der Waals surface area contributed by atoms with Crippen LogP contribution in [-0.2, 0) is 12.3 Å². The average molecular weight is 394 g/mol. The van der Waals surface area contributed by atoms with Crippen LogP contribution >= 0.6 is 11.8 Å². The van der Waals surface area contributed by atoms with E-state index in [0.717, 1.165) is 34.6 Å². The Morgan fingerprint density at radius 3 is 2.57 bits per heavy atom. The lowest BCUT2D eigenvalue weighted by Gasteiger charge is -2.13. The number of nitrogens with zero attached hydrogens (tertiary/aromatic N) is 3. The Balaban J connectivity index is 1.47. The number of hydrogen-bond donors (Lipinski definition) is 0. The molecular formula is C23H27N3OS. The van der Waals surface area contributed by atoms with Crippen molar-refractivity contribution in [1.29, 1.82) is 0 Å². The molecule has 1 heterocycles. The molecule has 1 aromatic heterocycles. The Bertz CT molecular complexity index is 914. The van der Waals surface area contributed by atoms with Crippen molar-refractivity contribution >= 4 is 11.8 Å². The van der Waals surface area contributed by atoms with Gasteiger partial charge < -0.3 is 9.30 Å². The van der Waals surface area contributed by atoms with Gasteiger partial charge in [0.15, 0.2) is 11.0 Å². The Labute approximate surface area is 171 Å². The van der Waals surface area contributed by atoms with Gasteiger partial charge in [-0.2, -0.15) is 0 Å². The highest BCUT2D eigenvalue weighted by molar-refractivity contribution is 7.98. The van der Waals surface area contributed by atoms with Gasteiger partial charge in [0, 0.05) is 17.9 Å². The zero-order valence-electron chi connectivity index (χ0n) is 16.6. The minimum Gasteiger partial charge on any atom is -0.490 e. The van der Waals surface area contributed by atoms with Gasteiger partial charge >= 0.3 is 0 Å². The Morgan fingerprint density at radius 1 is 1.07 bits per heavy atom. The maximum Gasteiger partial charge on any atom is 0.191 e. The molecule has 0 unspecified atom stereocenters. The van der Waals surface area contributed by atoms with Crippen molar-refractivity contribution in [2.75, 3.05) is 0 Å². The lowest BCUT2D eigenvalue weighted by molar-refractivity contribution is 0.210. The van der Waals surface area contributed by atoms with Crippen LogP contribution in [0.4, 0.5) is 0 Å². The molecule has 0 aliphatic heterocycles. The smallest absolute Gasteiger partial charge is 0.191 e. The number of hydrogen-bond acceptors (Lipinski definition) is 4. The molecule has 1 fully saturated rings. The van der Waals surface area contributed by atoms with Crippen molar-refractivity contribution < 1.29 is 4.74 Å². The van der Waals surface area contributed by atoms with E-state index in [0.29, 0.717) is 6.10 Å². The van der Waals surface area contributed by atoms with Crippen LogP contribution in [0.5, 0.6) is 5.75 Å². The average Bonchev–Trinajstić information content (AvgIpc) is 3.36. The van der Waals surface area contributed by atoms with E-state index in [1.165, 1.54) is 36.8 Å². The molecule has 1 aliphatic carbocycles. The molecule has 146 valence electrons. The number of aryl methyl sites for hydroxylation is 1. The summed E-state index contributed by atoms with van der Waals surface area (Å²) in [6.45, 7) is 5.11. The number of ether oxygens (including phenoxy) is 1. The summed E-state index contributed by atoms with van der Waals surface area (Å²) >= 11 is 1.74. The predicted octanol–water partition coefficient (Wildman–Crippen LogP) is 5.89. The number of aromatic nitrogens is 3. The van der Waals surface area contributed by atoms with Crippen molar-refractivity contribution in [2.24, 2.45) is 0 Å². The highest BCUT2D eigenvalue weighted by atomic mass is 32.2. The summed E-state index contributed by atoms with van der Waals surface area (Å²) in [7, 11) is 0. The SMILES string of the molecule is CCn1c(SCc2cccc(C)c2)nnc1-c1ccc(OC2CCCC2)cc1. The minimum absolute atomic E-state index is 0.384. The third-order valence-corrected chi connectivity index (χ3v) is 6.24. The van der Waals surface area contributed by atoms with Crippen molar-refractivity contribution in [2.45, 2.75) is 63.1 Å². The van der Waals surface area contributed by atoms with Gasteiger partial charge in [-0.3, -0.25) is 0 Å². The molecule has 0 spiro atoms. The van der Waals surface area contributed by atoms with Gasteiger partial charge in [0.1, 0.15) is 5.75 Å². The third kappa shape index (κ3) is 4.41. The molecule has 5 heteroatoms. The van der Waals surface area contributed by atoms with Crippen LogP contribution in [0.15, 0.2) is 53.7 Å². The zero-order valence-corrected chi connectivity index (χ0v) is 17.4. The molecule has 2 aromatic carbocycles.